The molecular weight excluding hydrogens is 134 g/mol. The third-order valence-electron chi connectivity index (χ3n) is 1.57. The number of hydrogen-bond donors (Lipinski definition) is 1. The summed E-state index contributed by atoms with van der Waals surface area (Å²) in [5.41, 5.74) is 0. The Bertz CT molecular complexity index is 100.0. The van der Waals surface area contributed by atoms with Crippen molar-refractivity contribution in [2.45, 2.75) is 12.8 Å². The maximum Gasteiger partial charge on any atom is 0.0127 e. The van der Waals surface area contributed by atoms with Crippen LogP contribution in [0.15, 0.2) is 0 Å². The van der Waals surface area contributed by atoms with Crippen LogP contribution in [-0.4, -0.2) is 13.1 Å². The first kappa shape index (κ1) is 8.81. The van der Waals surface area contributed by atoms with E-state index >= 15 is 0 Å². The second kappa shape index (κ2) is 4.67. The first-order valence-electron chi connectivity index (χ1n) is 3.07. The van der Waals surface area contributed by atoms with E-state index < -0.39 is 0 Å². The summed E-state index contributed by atoms with van der Waals surface area (Å²) < 4.78 is 0. The zero-order valence-corrected chi connectivity index (χ0v) is 6.21. The van der Waals surface area contributed by atoms with Crippen LogP contribution in [0, 0.1) is 18.3 Å². The summed E-state index contributed by atoms with van der Waals surface area (Å²) in [5, 5.41) is 3.26. The molecule has 2 heteroatoms. The highest BCUT2D eigenvalue weighted by Crippen LogP contribution is 2.09. The molecule has 1 atom stereocenters. The van der Waals surface area contributed by atoms with Gasteiger partial charge in [-0.1, -0.05) is 0 Å². The Morgan fingerprint density at radius 3 is 2.89 bits per heavy atom. The highest BCUT2D eigenvalue weighted by Gasteiger charge is 2.11. The molecule has 0 aromatic rings. The summed E-state index contributed by atoms with van der Waals surface area (Å²) in [4.78, 5) is 0. The Balaban J connectivity index is 0.000000640. The summed E-state index contributed by atoms with van der Waals surface area (Å²) in [5.74, 6) is 3.43. The van der Waals surface area contributed by atoms with Gasteiger partial charge in [-0.05, 0) is 25.4 Å². The van der Waals surface area contributed by atoms with Crippen LogP contribution in [0.2, 0.25) is 0 Å². The second-order valence-electron chi connectivity index (χ2n) is 2.27. The van der Waals surface area contributed by atoms with Gasteiger partial charge in [-0.25, -0.2) is 0 Å². The maximum absolute atomic E-state index is 5.13. The second-order valence-corrected chi connectivity index (χ2v) is 2.27. The quantitative estimate of drug-likeness (QED) is 0.544. The average molecular weight is 146 g/mol. The summed E-state index contributed by atoms with van der Waals surface area (Å²) in [6.07, 6.45) is 7.35. The predicted molar refractivity (Wildman–Crippen MR) is 41.7 cm³/mol. The van der Waals surface area contributed by atoms with Gasteiger partial charge in [0.15, 0.2) is 0 Å². The van der Waals surface area contributed by atoms with Crippen molar-refractivity contribution < 1.29 is 0 Å². The fourth-order valence-electron chi connectivity index (χ4n) is 1.06. The molecule has 1 aliphatic heterocycles. The van der Waals surface area contributed by atoms with Crippen molar-refractivity contribution in [1.29, 1.82) is 0 Å². The SMILES string of the molecule is C#CCC1CCNC1.Cl. The van der Waals surface area contributed by atoms with Gasteiger partial charge in [0.1, 0.15) is 0 Å². The van der Waals surface area contributed by atoms with E-state index in [-0.39, 0.29) is 12.4 Å². The Morgan fingerprint density at radius 2 is 2.44 bits per heavy atom. The van der Waals surface area contributed by atoms with Crippen molar-refractivity contribution in [2.24, 2.45) is 5.92 Å². The van der Waals surface area contributed by atoms with Crippen LogP contribution in [0.1, 0.15) is 12.8 Å². The molecule has 1 unspecified atom stereocenters. The van der Waals surface area contributed by atoms with Crippen LogP contribution < -0.4 is 5.32 Å². The zero-order valence-electron chi connectivity index (χ0n) is 5.39. The van der Waals surface area contributed by atoms with Gasteiger partial charge in [0.2, 0.25) is 0 Å². The van der Waals surface area contributed by atoms with Gasteiger partial charge in [0.25, 0.3) is 0 Å². The molecule has 1 rings (SSSR count). The molecule has 9 heavy (non-hydrogen) atoms. The minimum Gasteiger partial charge on any atom is -0.316 e. The van der Waals surface area contributed by atoms with E-state index in [1.165, 1.54) is 6.42 Å². The molecule has 1 N–H and O–H groups in total. The number of hydrogen-bond acceptors (Lipinski definition) is 1. The highest BCUT2D eigenvalue weighted by atomic mass is 35.5. The molecule has 1 nitrogen and oxygen atoms in total. The van der Waals surface area contributed by atoms with Gasteiger partial charge in [0.05, 0.1) is 0 Å². The standard InChI is InChI=1S/C7H11N.ClH/c1-2-3-7-4-5-8-6-7;/h1,7-8H,3-6H2;1H. The van der Waals surface area contributed by atoms with E-state index in [9.17, 15) is 0 Å². The van der Waals surface area contributed by atoms with E-state index in [4.69, 9.17) is 6.42 Å². The molecule has 0 aliphatic carbocycles. The molecule has 1 heterocycles. The fraction of sp³-hybridized carbons (Fsp3) is 0.714. The number of halogens is 1. The van der Waals surface area contributed by atoms with E-state index in [0.29, 0.717) is 0 Å². The number of rotatable bonds is 1. The molecule has 1 saturated heterocycles. The molecule has 0 radical (unpaired) electrons. The third-order valence-corrected chi connectivity index (χ3v) is 1.57. The Kier molecular flexibility index (Phi) is 4.57. The molecule has 1 aliphatic rings. The molecule has 0 aromatic heterocycles. The lowest BCUT2D eigenvalue weighted by Crippen LogP contribution is -2.08. The first-order chi connectivity index (χ1) is 3.93. The molecule has 1 fully saturated rings. The molecular formula is C7H12ClN. The van der Waals surface area contributed by atoms with Gasteiger partial charge >= 0.3 is 0 Å². The lowest BCUT2D eigenvalue weighted by molar-refractivity contribution is 0.603. The first-order valence-corrected chi connectivity index (χ1v) is 3.07. The molecule has 52 valence electrons. The van der Waals surface area contributed by atoms with Crippen LogP contribution in [0.5, 0.6) is 0 Å². The van der Waals surface area contributed by atoms with Crippen LogP contribution >= 0.6 is 12.4 Å². The number of nitrogens with one attached hydrogen (secondary N) is 1. The Labute approximate surface area is 62.6 Å². The largest absolute Gasteiger partial charge is 0.316 e. The Morgan fingerprint density at radius 1 is 1.67 bits per heavy atom. The highest BCUT2D eigenvalue weighted by molar-refractivity contribution is 5.85. The van der Waals surface area contributed by atoms with Gasteiger partial charge in [-0.3, -0.25) is 0 Å². The summed E-state index contributed by atoms with van der Waals surface area (Å²) in [6.45, 7) is 2.29. The van der Waals surface area contributed by atoms with E-state index in [2.05, 4.69) is 11.2 Å². The lowest BCUT2D eigenvalue weighted by atomic mass is 10.1. The molecule has 0 aromatic carbocycles. The minimum atomic E-state index is 0. The van der Waals surface area contributed by atoms with E-state index in [1.807, 2.05) is 0 Å². The molecule has 0 saturated carbocycles. The smallest absolute Gasteiger partial charge is 0.0127 e. The molecule has 0 spiro atoms. The van der Waals surface area contributed by atoms with Gasteiger partial charge in [0, 0.05) is 6.42 Å². The normalized spacial score (nSPS) is 24.6. The minimum absolute atomic E-state index is 0. The van der Waals surface area contributed by atoms with Crippen LogP contribution in [-0.2, 0) is 0 Å². The summed E-state index contributed by atoms with van der Waals surface area (Å²) in [6, 6.07) is 0. The van der Waals surface area contributed by atoms with Crippen molar-refractivity contribution in [3.8, 4) is 12.3 Å². The van der Waals surface area contributed by atoms with E-state index in [0.717, 1.165) is 25.4 Å². The summed E-state index contributed by atoms with van der Waals surface area (Å²) in [7, 11) is 0. The average Bonchev–Trinajstić information content (AvgIpc) is 2.19. The Hall–Kier alpha value is -0.190. The predicted octanol–water partition coefficient (Wildman–Crippen LogP) is 1.04. The number of terminal acetylenes is 1. The van der Waals surface area contributed by atoms with E-state index in [1.54, 1.807) is 0 Å². The summed E-state index contributed by atoms with van der Waals surface area (Å²) >= 11 is 0. The fourth-order valence-corrected chi connectivity index (χ4v) is 1.06. The van der Waals surface area contributed by atoms with Gasteiger partial charge in [-0.2, -0.15) is 0 Å². The zero-order chi connectivity index (χ0) is 5.82. The topological polar surface area (TPSA) is 12.0 Å². The third kappa shape index (κ3) is 2.74. The van der Waals surface area contributed by atoms with Crippen molar-refractivity contribution in [3.63, 3.8) is 0 Å². The molecule has 0 amide bonds. The van der Waals surface area contributed by atoms with Crippen molar-refractivity contribution >= 4 is 12.4 Å². The maximum atomic E-state index is 5.13. The monoisotopic (exact) mass is 145 g/mol. The van der Waals surface area contributed by atoms with Crippen molar-refractivity contribution in [3.05, 3.63) is 0 Å². The van der Waals surface area contributed by atoms with Crippen LogP contribution in [0.4, 0.5) is 0 Å². The van der Waals surface area contributed by atoms with Crippen LogP contribution in [0.25, 0.3) is 0 Å². The van der Waals surface area contributed by atoms with Crippen molar-refractivity contribution in [1.82, 2.24) is 5.32 Å². The molecule has 0 bridgehead atoms. The van der Waals surface area contributed by atoms with Crippen molar-refractivity contribution in [2.75, 3.05) is 13.1 Å². The van der Waals surface area contributed by atoms with Gasteiger partial charge < -0.3 is 5.32 Å². The lowest BCUT2D eigenvalue weighted by Gasteiger charge is -1.98. The van der Waals surface area contributed by atoms with Crippen LogP contribution in [0.3, 0.4) is 0 Å². The van der Waals surface area contributed by atoms with Gasteiger partial charge in [-0.15, -0.1) is 24.8 Å².